The normalized spacial score (nSPS) is 12.4. The van der Waals surface area contributed by atoms with Crippen molar-refractivity contribution in [1.29, 1.82) is 0 Å². The van der Waals surface area contributed by atoms with Gasteiger partial charge in [0.2, 0.25) is 0 Å². The molecule has 0 spiro atoms. The average Bonchev–Trinajstić information content (AvgIpc) is 2.20. The van der Waals surface area contributed by atoms with E-state index in [-0.39, 0.29) is 15.2 Å². The van der Waals surface area contributed by atoms with Gasteiger partial charge < -0.3 is 0 Å². The summed E-state index contributed by atoms with van der Waals surface area (Å²) in [4.78, 5) is 10.7. The van der Waals surface area contributed by atoms with Crippen LogP contribution in [0.1, 0.15) is 0 Å². The molecule has 0 aliphatic carbocycles. The first-order valence-corrected chi connectivity index (χ1v) is 6.39. The minimum absolute atomic E-state index is 0.00690. The molecule has 0 heterocycles. The van der Waals surface area contributed by atoms with Crippen LogP contribution < -0.4 is 8.79 Å². The second kappa shape index (κ2) is 6.09. The molecule has 0 saturated heterocycles. The van der Waals surface area contributed by atoms with Crippen molar-refractivity contribution in [2.75, 3.05) is 5.75 Å². The van der Waals surface area contributed by atoms with Gasteiger partial charge in [0, 0.05) is 0 Å². The first-order chi connectivity index (χ1) is 6.74. The number of nitrogens with one attached hydrogen (secondary N) is 1. The van der Waals surface area contributed by atoms with Gasteiger partial charge in [-0.2, -0.15) is 0 Å². The summed E-state index contributed by atoms with van der Waals surface area (Å²) in [5.74, 6) is -0.540. The van der Waals surface area contributed by atoms with E-state index in [1.807, 2.05) is 30.3 Å². The van der Waals surface area contributed by atoms with Crippen molar-refractivity contribution in [2.45, 2.75) is 6.04 Å². The fraction of sp³-hybridized carbons (Fsp3) is 0.222. The van der Waals surface area contributed by atoms with E-state index in [1.165, 1.54) is 0 Å². The quantitative estimate of drug-likeness (QED) is 0.520. The molecule has 5 heteroatoms. The van der Waals surface area contributed by atoms with Crippen LogP contribution in [-0.2, 0) is 4.79 Å². The Hall–Kier alpha value is -0.481. The van der Waals surface area contributed by atoms with Crippen molar-refractivity contribution in [3.05, 3.63) is 30.3 Å². The summed E-state index contributed by atoms with van der Waals surface area (Å²) in [7, 11) is 0. The summed E-state index contributed by atoms with van der Waals surface area (Å²) in [6, 6.07) is 9.21. The van der Waals surface area contributed by atoms with Crippen LogP contribution in [0.2, 0.25) is 0 Å². The van der Waals surface area contributed by atoms with E-state index in [4.69, 9.17) is 5.11 Å². The molecule has 0 bridgehead atoms. The molecule has 1 aromatic carbocycles. The average molecular weight is 276 g/mol. The van der Waals surface area contributed by atoms with E-state index in [1.54, 1.807) is 0 Å². The van der Waals surface area contributed by atoms with Gasteiger partial charge in [-0.05, 0) is 0 Å². The third-order valence-electron chi connectivity index (χ3n) is 1.54. The van der Waals surface area contributed by atoms with Gasteiger partial charge in [0.15, 0.2) is 0 Å². The van der Waals surface area contributed by atoms with Gasteiger partial charge in [-0.15, -0.1) is 0 Å². The summed E-state index contributed by atoms with van der Waals surface area (Å²) in [5, 5.41) is 8.75. The molecule has 1 atom stereocenters. The van der Waals surface area contributed by atoms with Crippen molar-refractivity contribution < 1.29 is 9.90 Å². The Bertz CT molecular complexity index is 294. The molecule has 0 aliphatic heterocycles. The van der Waals surface area contributed by atoms with Crippen LogP contribution in [0.5, 0.6) is 0 Å². The Kier molecular flexibility index (Phi) is 5.04. The second-order valence-electron chi connectivity index (χ2n) is 2.61. The molecule has 0 saturated carbocycles. The Labute approximate surface area is 94.7 Å². The molecule has 0 unspecified atom stereocenters. The van der Waals surface area contributed by atoms with Crippen LogP contribution in [0.25, 0.3) is 0 Å². The molecular formula is C9H11NO2SSe. The first kappa shape index (κ1) is 11.6. The van der Waals surface area contributed by atoms with Gasteiger partial charge in [0.1, 0.15) is 0 Å². The van der Waals surface area contributed by atoms with Gasteiger partial charge >= 0.3 is 94.6 Å². The molecule has 14 heavy (non-hydrogen) atoms. The number of carbonyl (C=O) groups is 1. The number of aliphatic carboxylic acids is 1. The van der Waals surface area contributed by atoms with Crippen LogP contribution in [0.3, 0.4) is 0 Å². The molecule has 0 fully saturated rings. The zero-order chi connectivity index (χ0) is 10.4. The molecule has 1 aromatic rings. The first-order valence-electron chi connectivity index (χ1n) is 4.05. The van der Waals surface area contributed by atoms with Crippen LogP contribution in [0.4, 0.5) is 0 Å². The number of carboxylic acids is 1. The predicted octanol–water partition coefficient (Wildman–Crippen LogP) is -0.0963. The van der Waals surface area contributed by atoms with Gasteiger partial charge in [0.05, 0.1) is 0 Å². The SMILES string of the molecule is O=C(O)[C@H](CS)N[Se]c1ccccc1. The van der Waals surface area contributed by atoms with Crippen LogP contribution in [0, 0.1) is 0 Å². The summed E-state index contributed by atoms with van der Waals surface area (Å²) in [6.07, 6.45) is 0. The van der Waals surface area contributed by atoms with E-state index < -0.39 is 12.0 Å². The van der Waals surface area contributed by atoms with E-state index >= 15 is 0 Å². The third kappa shape index (κ3) is 3.72. The topological polar surface area (TPSA) is 49.3 Å². The third-order valence-corrected chi connectivity index (χ3v) is 3.82. The second-order valence-corrected chi connectivity index (χ2v) is 4.88. The summed E-state index contributed by atoms with van der Waals surface area (Å²) < 4.78 is 4.10. The number of hydrogen-bond donors (Lipinski definition) is 3. The Morgan fingerprint density at radius 2 is 2.14 bits per heavy atom. The Balaban J connectivity index is 2.44. The van der Waals surface area contributed by atoms with E-state index in [0.717, 1.165) is 4.46 Å². The van der Waals surface area contributed by atoms with Crippen LogP contribution in [-0.4, -0.2) is 38.0 Å². The monoisotopic (exact) mass is 277 g/mol. The number of thiol groups is 1. The molecule has 0 aliphatic rings. The number of carboxylic acid groups (broad SMARTS) is 1. The maximum absolute atomic E-state index is 10.7. The van der Waals surface area contributed by atoms with Crippen molar-refractivity contribution in [2.24, 2.45) is 0 Å². The summed E-state index contributed by atoms with van der Waals surface area (Å²) in [6.45, 7) is 0. The Morgan fingerprint density at radius 3 is 2.64 bits per heavy atom. The molecule has 2 N–H and O–H groups in total. The van der Waals surface area contributed by atoms with Gasteiger partial charge in [-0.1, -0.05) is 0 Å². The van der Waals surface area contributed by atoms with Gasteiger partial charge in [-0.25, -0.2) is 0 Å². The number of rotatable bonds is 5. The molecule has 76 valence electrons. The fourth-order valence-corrected chi connectivity index (χ4v) is 2.90. The van der Waals surface area contributed by atoms with Crippen LogP contribution >= 0.6 is 12.6 Å². The Morgan fingerprint density at radius 1 is 1.50 bits per heavy atom. The zero-order valence-corrected chi connectivity index (χ0v) is 9.99. The van der Waals surface area contributed by atoms with Gasteiger partial charge in [0.25, 0.3) is 0 Å². The maximum atomic E-state index is 10.7. The molecule has 0 aromatic heterocycles. The molecule has 0 amide bonds. The van der Waals surface area contributed by atoms with Crippen molar-refractivity contribution in [3.63, 3.8) is 0 Å². The summed E-state index contributed by atoms with van der Waals surface area (Å²) in [5.41, 5.74) is 0. The zero-order valence-electron chi connectivity index (χ0n) is 7.38. The van der Waals surface area contributed by atoms with Crippen LogP contribution in [0.15, 0.2) is 30.3 Å². The van der Waals surface area contributed by atoms with Gasteiger partial charge in [-0.3, -0.25) is 0 Å². The fourth-order valence-electron chi connectivity index (χ4n) is 0.793. The number of hydrogen-bond acceptors (Lipinski definition) is 3. The minimum atomic E-state index is -0.849. The molecule has 3 nitrogen and oxygen atoms in total. The molecule has 1 rings (SSSR count). The van der Waals surface area contributed by atoms with E-state index in [0.29, 0.717) is 5.75 Å². The standard InChI is InChI=1S/C9H11NO2SSe/c11-9(12)8(6-13)10-14-7-4-2-1-3-5-7/h1-5,8,10,13H,6H2,(H,11,12)/t8-/m0/s1. The number of benzene rings is 1. The van der Waals surface area contributed by atoms with Crippen molar-refractivity contribution in [3.8, 4) is 0 Å². The predicted molar refractivity (Wildman–Crippen MR) is 60.2 cm³/mol. The van der Waals surface area contributed by atoms with Crippen molar-refractivity contribution >= 4 is 38.2 Å². The molecule has 0 radical (unpaired) electrons. The van der Waals surface area contributed by atoms with E-state index in [2.05, 4.69) is 17.0 Å². The van der Waals surface area contributed by atoms with E-state index in [9.17, 15) is 4.79 Å². The summed E-state index contributed by atoms with van der Waals surface area (Å²) >= 11 is 3.96. The van der Waals surface area contributed by atoms with Crippen molar-refractivity contribution in [1.82, 2.24) is 4.33 Å². The molecular weight excluding hydrogens is 265 g/mol.